The molecule has 1 unspecified atom stereocenters. The van der Waals surface area contributed by atoms with E-state index in [1.165, 1.54) is 12.1 Å². The maximum atomic E-state index is 12.1. The third-order valence-electron chi connectivity index (χ3n) is 2.70. The fourth-order valence-corrected chi connectivity index (χ4v) is 2.46. The van der Waals surface area contributed by atoms with Crippen LogP contribution in [0.3, 0.4) is 0 Å². The highest BCUT2D eigenvalue weighted by molar-refractivity contribution is 7.89. The van der Waals surface area contributed by atoms with Crippen LogP contribution < -0.4 is 4.72 Å². The van der Waals surface area contributed by atoms with Gasteiger partial charge in [0.15, 0.2) is 6.10 Å². The molecule has 8 heteroatoms. The minimum atomic E-state index is -4.86. The van der Waals surface area contributed by atoms with Crippen molar-refractivity contribution in [3.05, 3.63) is 29.8 Å². The molecule has 0 aliphatic rings. The van der Waals surface area contributed by atoms with Crippen molar-refractivity contribution in [2.45, 2.75) is 36.9 Å². The highest BCUT2D eigenvalue weighted by Crippen LogP contribution is 2.20. The topological polar surface area (TPSA) is 66.4 Å². The first-order chi connectivity index (χ1) is 9.04. The molecule has 0 bridgehead atoms. The Balaban J connectivity index is 2.79. The number of alkyl halides is 3. The Labute approximate surface area is 115 Å². The van der Waals surface area contributed by atoms with Crippen molar-refractivity contribution < 1.29 is 26.7 Å². The molecule has 1 aromatic carbocycles. The van der Waals surface area contributed by atoms with E-state index in [4.69, 9.17) is 5.11 Å². The SMILES string of the molecule is CC(C)c1ccc(S(=O)(=O)NCC(O)C(F)(F)F)cc1. The van der Waals surface area contributed by atoms with Crippen LogP contribution in [0.5, 0.6) is 0 Å². The van der Waals surface area contributed by atoms with E-state index in [1.807, 2.05) is 13.8 Å². The molecule has 0 fully saturated rings. The molecule has 0 saturated carbocycles. The van der Waals surface area contributed by atoms with E-state index < -0.39 is 28.8 Å². The molecule has 20 heavy (non-hydrogen) atoms. The Morgan fingerprint density at radius 3 is 2.10 bits per heavy atom. The average Bonchev–Trinajstić information content (AvgIpc) is 2.35. The molecule has 0 aliphatic carbocycles. The minimum Gasteiger partial charge on any atom is -0.382 e. The van der Waals surface area contributed by atoms with E-state index >= 15 is 0 Å². The minimum absolute atomic E-state index is 0.142. The summed E-state index contributed by atoms with van der Waals surface area (Å²) < 4.78 is 61.5. The summed E-state index contributed by atoms with van der Waals surface area (Å²) in [5.74, 6) is 0.215. The smallest absolute Gasteiger partial charge is 0.382 e. The Hall–Kier alpha value is -1.12. The van der Waals surface area contributed by atoms with Gasteiger partial charge in [-0.3, -0.25) is 0 Å². The molecular weight excluding hydrogens is 295 g/mol. The Kier molecular flexibility index (Phi) is 5.17. The van der Waals surface area contributed by atoms with E-state index in [0.717, 1.165) is 5.56 Å². The zero-order valence-corrected chi connectivity index (χ0v) is 11.8. The van der Waals surface area contributed by atoms with Crippen LogP contribution in [0.2, 0.25) is 0 Å². The van der Waals surface area contributed by atoms with Gasteiger partial charge in [0.25, 0.3) is 0 Å². The number of rotatable bonds is 5. The molecular formula is C12H16F3NO3S. The molecule has 1 atom stereocenters. The number of nitrogens with one attached hydrogen (secondary N) is 1. The predicted octanol–water partition coefficient (Wildman–Crippen LogP) is 2.01. The number of hydrogen-bond donors (Lipinski definition) is 2. The first-order valence-electron chi connectivity index (χ1n) is 5.88. The van der Waals surface area contributed by atoms with Gasteiger partial charge < -0.3 is 5.11 Å². The summed E-state index contributed by atoms with van der Waals surface area (Å²) in [4.78, 5) is -0.142. The van der Waals surface area contributed by atoms with Gasteiger partial charge in [-0.25, -0.2) is 13.1 Å². The molecule has 4 nitrogen and oxygen atoms in total. The molecule has 0 saturated heterocycles. The van der Waals surface area contributed by atoms with Crippen LogP contribution in [-0.2, 0) is 10.0 Å². The monoisotopic (exact) mass is 311 g/mol. The molecule has 0 amide bonds. The van der Waals surface area contributed by atoms with Crippen LogP contribution in [-0.4, -0.2) is 32.3 Å². The van der Waals surface area contributed by atoms with Crippen molar-refractivity contribution in [1.82, 2.24) is 4.72 Å². The normalized spacial score (nSPS) is 14.6. The van der Waals surface area contributed by atoms with Crippen molar-refractivity contribution in [2.75, 3.05) is 6.54 Å². The number of aliphatic hydroxyl groups is 1. The fraction of sp³-hybridized carbons (Fsp3) is 0.500. The third-order valence-corrected chi connectivity index (χ3v) is 4.14. The van der Waals surface area contributed by atoms with Gasteiger partial charge in [-0.1, -0.05) is 26.0 Å². The number of sulfonamides is 1. The lowest BCUT2D eigenvalue weighted by molar-refractivity contribution is -0.200. The van der Waals surface area contributed by atoms with Gasteiger partial charge in [0.2, 0.25) is 10.0 Å². The fourth-order valence-electron chi connectivity index (χ4n) is 1.42. The van der Waals surface area contributed by atoms with Crippen LogP contribution in [0.15, 0.2) is 29.2 Å². The van der Waals surface area contributed by atoms with Gasteiger partial charge in [-0.2, -0.15) is 13.2 Å². The van der Waals surface area contributed by atoms with Crippen LogP contribution in [0.1, 0.15) is 25.3 Å². The zero-order valence-electron chi connectivity index (χ0n) is 11.0. The van der Waals surface area contributed by atoms with Crippen molar-refractivity contribution in [2.24, 2.45) is 0 Å². The van der Waals surface area contributed by atoms with E-state index in [9.17, 15) is 21.6 Å². The van der Waals surface area contributed by atoms with E-state index in [1.54, 1.807) is 16.9 Å². The van der Waals surface area contributed by atoms with E-state index in [0.29, 0.717) is 0 Å². The summed E-state index contributed by atoms with van der Waals surface area (Å²) in [7, 11) is -4.07. The molecule has 2 N–H and O–H groups in total. The number of aliphatic hydroxyl groups excluding tert-OH is 1. The highest BCUT2D eigenvalue weighted by Gasteiger charge is 2.38. The zero-order chi connectivity index (χ0) is 15.6. The second-order valence-electron chi connectivity index (χ2n) is 4.63. The van der Waals surface area contributed by atoms with Crippen LogP contribution in [0, 0.1) is 0 Å². The van der Waals surface area contributed by atoms with Gasteiger partial charge in [-0.15, -0.1) is 0 Å². The number of hydrogen-bond acceptors (Lipinski definition) is 3. The van der Waals surface area contributed by atoms with Gasteiger partial charge in [-0.05, 0) is 23.6 Å². The Morgan fingerprint density at radius 1 is 1.20 bits per heavy atom. The van der Waals surface area contributed by atoms with Crippen LogP contribution in [0.4, 0.5) is 13.2 Å². The Morgan fingerprint density at radius 2 is 1.70 bits per heavy atom. The third kappa shape index (κ3) is 4.46. The predicted molar refractivity (Wildman–Crippen MR) is 67.8 cm³/mol. The lowest BCUT2D eigenvalue weighted by Gasteiger charge is -2.15. The summed E-state index contributed by atoms with van der Waals surface area (Å²) in [5, 5.41) is 8.76. The average molecular weight is 311 g/mol. The summed E-state index contributed by atoms with van der Waals surface area (Å²) in [6.07, 6.45) is -7.59. The van der Waals surface area contributed by atoms with Crippen molar-refractivity contribution in [3.8, 4) is 0 Å². The largest absolute Gasteiger partial charge is 0.415 e. The van der Waals surface area contributed by atoms with E-state index in [2.05, 4.69) is 0 Å². The van der Waals surface area contributed by atoms with E-state index in [-0.39, 0.29) is 10.8 Å². The van der Waals surface area contributed by atoms with Crippen LogP contribution in [0.25, 0.3) is 0 Å². The maximum Gasteiger partial charge on any atom is 0.415 e. The van der Waals surface area contributed by atoms with Crippen LogP contribution >= 0.6 is 0 Å². The number of halogens is 3. The number of benzene rings is 1. The second kappa shape index (κ2) is 6.11. The van der Waals surface area contributed by atoms with Crippen molar-refractivity contribution >= 4 is 10.0 Å². The van der Waals surface area contributed by atoms with Gasteiger partial charge >= 0.3 is 6.18 Å². The molecule has 1 rings (SSSR count). The van der Waals surface area contributed by atoms with Gasteiger partial charge in [0.1, 0.15) is 0 Å². The molecule has 0 spiro atoms. The second-order valence-corrected chi connectivity index (χ2v) is 6.40. The van der Waals surface area contributed by atoms with Crippen molar-refractivity contribution in [3.63, 3.8) is 0 Å². The molecule has 0 aromatic heterocycles. The summed E-state index contributed by atoms with van der Waals surface area (Å²) >= 11 is 0. The highest BCUT2D eigenvalue weighted by atomic mass is 32.2. The molecule has 1 aromatic rings. The summed E-state index contributed by atoms with van der Waals surface area (Å²) in [5.41, 5.74) is 0.916. The Bertz CT molecular complexity index is 538. The standard InChI is InChI=1S/C12H16F3NO3S/c1-8(2)9-3-5-10(6-4-9)20(18,19)16-7-11(17)12(13,14)15/h3-6,8,11,16-17H,7H2,1-2H3. The van der Waals surface area contributed by atoms with Gasteiger partial charge in [0, 0.05) is 6.54 Å². The molecule has 0 radical (unpaired) electrons. The van der Waals surface area contributed by atoms with Gasteiger partial charge in [0.05, 0.1) is 4.90 Å². The molecule has 0 aliphatic heterocycles. The first kappa shape index (κ1) is 16.9. The first-order valence-corrected chi connectivity index (χ1v) is 7.37. The quantitative estimate of drug-likeness (QED) is 0.874. The lowest BCUT2D eigenvalue weighted by Crippen LogP contribution is -2.40. The molecule has 0 heterocycles. The summed E-state index contributed by atoms with van der Waals surface area (Å²) in [6, 6.07) is 5.83. The molecule has 114 valence electrons. The maximum absolute atomic E-state index is 12.1. The van der Waals surface area contributed by atoms with Crippen molar-refractivity contribution in [1.29, 1.82) is 0 Å². The summed E-state index contributed by atoms with van der Waals surface area (Å²) in [6.45, 7) is 2.75. The lowest BCUT2D eigenvalue weighted by atomic mass is 10.0.